The molecule has 0 aliphatic heterocycles. The predicted octanol–water partition coefficient (Wildman–Crippen LogP) is 2.78. The molecule has 4 heteroatoms. The Hall–Kier alpha value is -1.91. The molecule has 0 atom stereocenters. The van der Waals surface area contributed by atoms with Crippen molar-refractivity contribution >= 4 is 5.82 Å². The predicted molar refractivity (Wildman–Crippen MR) is 82.9 cm³/mol. The molecule has 0 spiro atoms. The van der Waals surface area contributed by atoms with Crippen LogP contribution in [0.1, 0.15) is 25.0 Å². The van der Waals surface area contributed by atoms with Crippen LogP contribution in [0.25, 0.3) is 0 Å². The third-order valence-corrected chi connectivity index (χ3v) is 3.32. The molecule has 1 heterocycles. The van der Waals surface area contributed by atoms with Crippen molar-refractivity contribution in [3.63, 3.8) is 0 Å². The van der Waals surface area contributed by atoms with Crippen molar-refractivity contribution in [1.29, 1.82) is 0 Å². The van der Waals surface area contributed by atoms with Gasteiger partial charge in [0.2, 0.25) is 0 Å². The molecule has 0 radical (unpaired) electrons. The zero-order valence-corrected chi connectivity index (χ0v) is 12.1. The highest BCUT2D eigenvalue weighted by Crippen LogP contribution is 2.13. The van der Waals surface area contributed by atoms with Crippen LogP contribution in [-0.2, 0) is 13.1 Å². The first-order valence-electron chi connectivity index (χ1n) is 6.88. The van der Waals surface area contributed by atoms with Crippen molar-refractivity contribution in [2.75, 3.05) is 5.43 Å². The third kappa shape index (κ3) is 4.05. The van der Waals surface area contributed by atoms with Crippen molar-refractivity contribution in [2.45, 2.75) is 33.0 Å². The summed E-state index contributed by atoms with van der Waals surface area (Å²) in [4.78, 5) is 6.67. The average Bonchev–Trinajstić information content (AvgIpc) is 2.48. The summed E-state index contributed by atoms with van der Waals surface area (Å²) >= 11 is 0. The zero-order chi connectivity index (χ0) is 14.4. The Morgan fingerprint density at radius 2 is 1.75 bits per heavy atom. The molecule has 106 valence electrons. The molecule has 2 aromatic rings. The summed E-state index contributed by atoms with van der Waals surface area (Å²) in [7, 11) is 0. The van der Waals surface area contributed by atoms with E-state index in [4.69, 9.17) is 5.84 Å². The molecular formula is C16H22N4. The molecule has 0 saturated heterocycles. The molecule has 3 N–H and O–H groups in total. The lowest BCUT2D eigenvalue weighted by atomic mass is 10.1. The van der Waals surface area contributed by atoms with E-state index in [1.807, 2.05) is 18.3 Å². The van der Waals surface area contributed by atoms with Gasteiger partial charge in [-0.25, -0.2) is 10.8 Å². The lowest BCUT2D eigenvalue weighted by Crippen LogP contribution is -2.29. The minimum atomic E-state index is 0.475. The monoisotopic (exact) mass is 270 g/mol. The fraction of sp³-hybridized carbons (Fsp3) is 0.312. The van der Waals surface area contributed by atoms with E-state index < -0.39 is 0 Å². The number of hydrogen-bond donors (Lipinski definition) is 2. The highest BCUT2D eigenvalue weighted by Gasteiger charge is 2.11. The molecular weight excluding hydrogens is 248 g/mol. The van der Waals surface area contributed by atoms with Gasteiger partial charge in [-0.2, -0.15) is 0 Å². The maximum absolute atomic E-state index is 5.33. The van der Waals surface area contributed by atoms with E-state index in [9.17, 15) is 0 Å². The van der Waals surface area contributed by atoms with Gasteiger partial charge in [0, 0.05) is 25.3 Å². The number of pyridine rings is 1. The van der Waals surface area contributed by atoms with Crippen LogP contribution in [0.3, 0.4) is 0 Å². The number of nitrogens with two attached hydrogens (primary N) is 1. The Bertz CT molecular complexity index is 508. The van der Waals surface area contributed by atoms with Gasteiger partial charge in [-0.3, -0.25) is 4.90 Å². The van der Waals surface area contributed by atoms with Crippen molar-refractivity contribution in [3.8, 4) is 0 Å². The molecule has 1 aromatic heterocycles. The molecule has 1 aromatic carbocycles. The molecule has 0 aliphatic rings. The summed E-state index contributed by atoms with van der Waals surface area (Å²) in [6.45, 7) is 6.25. The van der Waals surface area contributed by atoms with E-state index in [1.165, 1.54) is 11.1 Å². The Balaban J connectivity index is 2.05. The summed E-state index contributed by atoms with van der Waals surface area (Å²) < 4.78 is 0. The third-order valence-electron chi connectivity index (χ3n) is 3.32. The molecule has 20 heavy (non-hydrogen) atoms. The number of aromatic nitrogens is 1. The molecule has 0 aliphatic carbocycles. The first kappa shape index (κ1) is 14.5. The van der Waals surface area contributed by atoms with E-state index in [0.717, 1.165) is 13.1 Å². The largest absolute Gasteiger partial charge is 0.308 e. The van der Waals surface area contributed by atoms with Crippen LogP contribution in [0.5, 0.6) is 0 Å². The van der Waals surface area contributed by atoms with E-state index in [-0.39, 0.29) is 0 Å². The molecule has 0 fully saturated rings. The summed E-state index contributed by atoms with van der Waals surface area (Å²) in [5.74, 6) is 6.02. The summed E-state index contributed by atoms with van der Waals surface area (Å²) in [5.41, 5.74) is 5.06. The number of hydrogen-bond acceptors (Lipinski definition) is 4. The smallest absolute Gasteiger partial charge is 0.139 e. The van der Waals surface area contributed by atoms with Crippen molar-refractivity contribution < 1.29 is 0 Å². The van der Waals surface area contributed by atoms with Gasteiger partial charge in [0.05, 0.1) is 0 Å². The van der Waals surface area contributed by atoms with Gasteiger partial charge in [-0.1, -0.05) is 36.4 Å². The normalized spacial score (nSPS) is 11.1. The van der Waals surface area contributed by atoms with Gasteiger partial charge in [0.25, 0.3) is 0 Å². The Morgan fingerprint density at radius 1 is 1.05 bits per heavy atom. The fourth-order valence-electron chi connectivity index (χ4n) is 2.08. The van der Waals surface area contributed by atoms with Crippen LogP contribution < -0.4 is 11.3 Å². The number of nitrogen functional groups attached to an aromatic ring is 1. The van der Waals surface area contributed by atoms with Crippen molar-refractivity contribution in [2.24, 2.45) is 5.84 Å². The minimum absolute atomic E-state index is 0.475. The van der Waals surface area contributed by atoms with E-state index in [2.05, 4.69) is 59.5 Å². The molecule has 0 bridgehead atoms. The van der Waals surface area contributed by atoms with Gasteiger partial charge in [-0.15, -0.1) is 0 Å². The Kier molecular flexibility index (Phi) is 5.09. The SMILES string of the molecule is CC(C)N(Cc1ccccc1)Cc1ccc(NN)nc1. The van der Waals surface area contributed by atoms with Crippen LogP contribution in [0.2, 0.25) is 0 Å². The highest BCUT2D eigenvalue weighted by atomic mass is 15.2. The fourth-order valence-corrected chi connectivity index (χ4v) is 2.08. The molecule has 0 saturated carbocycles. The second kappa shape index (κ2) is 7.03. The number of nitrogens with zero attached hydrogens (tertiary/aromatic N) is 2. The van der Waals surface area contributed by atoms with Gasteiger partial charge in [-0.05, 0) is 31.0 Å². The zero-order valence-electron chi connectivity index (χ0n) is 12.1. The lowest BCUT2D eigenvalue weighted by molar-refractivity contribution is 0.203. The minimum Gasteiger partial charge on any atom is -0.308 e. The van der Waals surface area contributed by atoms with Gasteiger partial charge < -0.3 is 5.43 Å². The first-order valence-corrected chi connectivity index (χ1v) is 6.88. The van der Waals surface area contributed by atoms with Crippen molar-refractivity contribution in [1.82, 2.24) is 9.88 Å². The molecule has 4 nitrogen and oxygen atoms in total. The molecule has 0 unspecified atom stereocenters. The standard InChI is InChI=1S/C16H22N4/c1-13(2)20(11-14-6-4-3-5-7-14)12-15-8-9-16(19-17)18-10-15/h3-10,13H,11-12,17H2,1-2H3,(H,18,19). The molecule has 0 amide bonds. The van der Waals surface area contributed by atoms with Crippen LogP contribution in [-0.4, -0.2) is 15.9 Å². The number of nitrogens with one attached hydrogen (secondary N) is 1. The number of benzene rings is 1. The van der Waals surface area contributed by atoms with E-state index >= 15 is 0 Å². The topological polar surface area (TPSA) is 54.2 Å². The first-order chi connectivity index (χ1) is 9.69. The average molecular weight is 270 g/mol. The number of rotatable bonds is 6. The quantitative estimate of drug-likeness (QED) is 0.626. The summed E-state index contributed by atoms with van der Waals surface area (Å²) in [6, 6.07) is 15.0. The van der Waals surface area contributed by atoms with E-state index in [1.54, 1.807) is 0 Å². The maximum Gasteiger partial charge on any atom is 0.139 e. The van der Waals surface area contributed by atoms with Crippen molar-refractivity contribution in [3.05, 3.63) is 59.8 Å². The van der Waals surface area contributed by atoms with Crippen LogP contribution in [0.15, 0.2) is 48.7 Å². The second-order valence-electron chi connectivity index (χ2n) is 5.18. The highest BCUT2D eigenvalue weighted by molar-refractivity contribution is 5.33. The number of hydrazine groups is 1. The number of anilines is 1. The summed E-state index contributed by atoms with van der Waals surface area (Å²) in [6.07, 6.45) is 1.87. The van der Waals surface area contributed by atoms with Gasteiger partial charge in [0.1, 0.15) is 5.82 Å². The summed E-state index contributed by atoms with van der Waals surface area (Å²) in [5, 5.41) is 0. The second-order valence-corrected chi connectivity index (χ2v) is 5.18. The Labute approximate surface area is 120 Å². The maximum atomic E-state index is 5.33. The lowest BCUT2D eigenvalue weighted by Gasteiger charge is -2.26. The Morgan fingerprint density at radius 3 is 2.30 bits per heavy atom. The van der Waals surface area contributed by atoms with E-state index in [0.29, 0.717) is 11.9 Å². The molecule has 2 rings (SSSR count). The van der Waals surface area contributed by atoms with Gasteiger partial charge in [0.15, 0.2) is 0 Å². The van der Waals surface area contributed by atoms with Crippen LogP contribution in [0.4, 0.5) is 5.82 Å². The van der Waals surface area contributed by atoms with Crippen LogP contribution in [0, 0.1) is 0 Å². The van der Waals surface area contributed by atoms with Gasteiger partial charge >= 0.3 is 0 Å². The van der Waals surface area contributed by atoms with Crippen LogP contribution >= 0.6 is 0 Å².